The summed E-state index contributed by atoms with van der Waals surface area (Å²) in [6, 6.07) is 5.11. The van der Waals surface area contributed by atoms with E-state index in [1.807, 2.05) is 12.1 Å². The summed E-state index contributed by atoms with van der Waals surface area (Å²) < 4.78 is 5.24. The van der Waals surface area contributed by atoms with Crippen LogP contribution in [0.25, 0.3) is 0 Å². The first kappa shape index (κ1) is 14.9. The minimum atomic E-state index is -0.573. The number of nitrogens with one attached hydrogen (secondary N) is 1. The van der Waals surface area contributed by atoms with Gasteiger partial charge >= 0.3 is 6.09 Å². The summed E-state index contributed by atoms with van der Waals surface area (Å²) in [7, 11) is 0. The van der Waals surface area contributed by atoms with E-state index in [1.54, 1.807) is 26.8 Å². The van der Waals surface area contributed by atoms with Gasteiger partial charge in [0.25, 0.3) is 0 Å². The lowest BCUT2D eigenvalue weighted by molar-refractivity contribution is -0.111. The van der Waals surface area contributed by atoms with Crippen LogP contribution in [0, 0.1) is 5.92 Å². The van der Waals surface area contributed by atoms with Crippen molar-refractivity contribution in [2.75, 3.05) is 0 Å². The number of hydrogen-bond donors (Lipinski definition) is 1. The molecule has 2 rings (SSSR count). The van der Waals surface area contributed by atoms with Crippen molar-refractivity contribution in [2.45, 2.75) is 38.8 Å². The van der Waals surface area contributed by atoms with Crippen molar-refractivity contribution in [3.63, 3.8) is 0 Å². The van der Waals surface area contributed by atoms with Gasteiger partial charge < -0.3 is 14.8 Å². The van der Waals surface area contributed by atoms with Gasteiger partial charge in [-0.1, -0.05) is 23.7 Å². The first-order chi connectivity index (χ1) is 9.31. The maximum absolute atomic E-state index is 11.9. The number of rotatable bonds is 2. The zero-order valence-corrected chi connectivity index (χ0v) is 12.5. The highest BCUT2D eigenvalue weighted by Crippen LogP contribution is 2.38. The van der Waals surface area contributed by atoms with Crippen LogP contribution >= 0.6 is 11.6 Å². The van der Waals surface area contributed by atoms with Crippen molar-refractivity contribution in [3.8, 4) is 0 Å². The molecule has 1 unspecified atom stereocenters. The second kappa shape index (κ2) is 5.44. The molecule has 108 valence electrons. The number of benzene rings is 1. The van der Waals surface area contributed by atoms with Crippen LogP contribution in [0.3, 0.4) is 0 Å². The lowest BCUT2D eigenvalue weighted by atomic mass is 10.0. The van der Waals surface area contributed by atoms with Crippen LogP contribution in [0.2, 0.25) is 5.02 Å². The minimum absolute atomic E-state index is 0.308. The Bertz CT molecular complexity index is 536. The van der Waals surface area contributed by atoms with E-state index in [4.69, 9.17) is 16.3 Å². The minimum Gasteiger partial charge on any atom is -0.444 e. The Morgan fingerprint density at radius 1 is 1.45 bits per heavy atom. The first-order valence-corrected chi connectivity index (χ1v) is 6.91. The molecule has 1 aliphatic carbocycles. The van der Waals surface area contributed by atoms with E-state index in [1.165, 1.54) is 0 Å². The standard InChI is InChI=1S/C15H18ClNO3/c1-15(2,3)20-14(19)17-13-9(8-18)7-11-10(13)5-4-6-12(11)16/h4-6,8-9,13H,7H2,1-3H3,(H,17,19)/t9-,13?/m0/s1. The molecule has 0 spiro atoms. The molecule has 0 aromatic heterocycles. The van der Waals surface area contributed by atoms with Gasteiger partial charge in [0, 0.05) is 10.9 Å². The van der Waals surface area contributed by atoms with Crippen LogP contribution in [-0.4, -0.2) is 18.0 Å². The van der Waals surface area contributed by atoms with Gasteiger partial charge in [0.2, 0.25) is 0 Å². The first-order valence-electron chi connectivity index (χ1n) is 6.54. The lowest BCUT2D eigenvalue weighted by Gasteiger charge is -2.23. The van der Waals surface area contributed by atoms with Gasteiger partial charge in [0.15, 0.2) is 0 Å². The summed E-state index contributed by atoms with van der Waals surface area (Å²) in [5.41, 5.74) is 1.24. The predicted molar refractivity (Wildman–Crippen MR) is 76.8 cm³/mol. The molecular formula is C15H18ClNO3. The molecule has 0 heterocycles. The van der Waals surface area contributed by atoms with Gasteiger partial charge in [-0.3, -0.25) is 0 Å². The van der Waals surface area contributed by atoms with E-state index in [0.29, 0.717) is 11.4 Å². The van der Waals surface area contributed by atoms with Crippen molar-refractivity contribution in [2.24, 2.45) is 5.92 Å². The molecule has 20 heavy (non-hydrogen) atoms. The molecule has 1 aromatic carbocycles. The fraction of sp³-hybridized carbons (Fsp3) is 0.467. The van der Waals surface area contributed by atoms with Crippen LogP contribution in [0.4, 0.5) is 4.79 Å². The lowest BCUT2D eigenvalue weighted by Crippen LogP contribution is -2.36. The van der Waals surface area contributed by atoms with Gasteiger partial charge in [0.05, 0.1) is 6.04 Å². The Balaban J connectivity index is 2.21. The summed E-state index contributed by atoms with van der Waals surface area (Å²) in [5, 5.41) is 3.40. The Labute approximate surface area is 123 Å². The molecule has 5 heteroatoms. The van der Waals surface area contributed by atoms with Gasteiger partial charge in [-0.2, -0.15) is 0 Å². The zero-order valence-electron chi connectivity index (χ0n) is 11.8. The molecule has 0 bridgehead atoms. The van der Waals surface area contributed by atoms with E-state index in [-0.39, 0.29) is 12.0 Å². The number of carbonyl (C=O) groups is 2. The normalized spacial score (nSPS) is 21.2. The van der Waals surface area contributed by atoms with Crippen LogP contribution in [0.1, 0.15) is 37.9 Å². The number of halogens is 1. The second-order valence-electron chi connectivity index (χ2n) is 5.94. The van der Waals surface area contributed by atoms with Gasteiger partial charge in [-0.15, -0.1) is 0 Å². The fourth-order valence-electron chi connectivity index (χ4n) is 2.41. The maximum Gasteiger partial charge on any atom is 0.408 e. The third kappa shape index (κ3) is 3.12. The van der Waals surface area contributed by atoms with E-state index < -0.39 is 11.7 Å². The molecule has 1 amide bonds. The summed E-state index contributed by atoms with van der Waals surface area (Å²) in [4.78, 5) is 23.1. The van der Waals surface area contributed by atoms with Gasteiger partial charge in [-0.05, 0) is 44.4 Å². The van der Waals surface area contributed by atoms with Crippen molar-refractivity contribution >= 4 is 24.0 Å². The third-order valence-electron chi connectivity index (χ3n) is 3.21. The van der Waals surface area contributed by atoms with Crippen LogP contribution in [0.15, 0.2) is 18.2 Å². The quantitative estimate of drug-likeness (QED) is 0.852. The van der Waals surface area contributed by atoms with Crippen LogP contribution in [0.5, 0.6) is 0 Å². The summed E-state index contributed by atoms with van der Waals surface area (Å²) in [6.07, 6.45) is 0.874. The van der Waals surface area contributed by atoms with Crippen molar-refractivity contribution in [1.82, 2.24) is 5.32 Å². The summed E-state index contributed by atoms with van der Waals surface area (Å²) in [6.45, 7) is 5.38. The molecule has 0 fully saturated rings. The second-order valence-corrected chi connectivity index (χ2v) is 6.34. The topological polar surface area (TPSA) is 55.4 Å². The van der Waals surface area contributed by atoms with E-state index in [9.17, 15) is 9.59 Å². The van der Waals surface area contributed by atoms with E-state index >= 15 is 0 Å². The van der Waals surface area contributed by atoms with Crippen molar-refractivity contribution < 1.29 is 14.3 Å². The number of hydrogen-bond acceptors (Lipinski definition) is 3. The van der Waals surface area contributed by atoms with Crippen LogP contribution < -0.4 is 5.32 Å². The molecule has 1 aromatic rings. The van der Waals surface area contributed by atoms with E-state index in [0.717, 1.165) is 17.4 Å². The average molecular weight is 296 g/mol. The molecule has 0 radical (unpaired) electrons. The van der Waals surface area contributed by atoms with Crippen LogP contribution in [-0.2, 0) is 16.0 Å². The van der Waals surface area contributed by atoms with E-state index in [2.05, 4.69) is 5.32 Å². The molecule has 1 N–H and O–H groups in total. The molecule has 4 nitrogen and oxygen atoms in total. The Kier molecular flexibility index (Phi) is 4.04. The highest BCUT2D eigenvalue weighted by molar-refractivity contribution is 6.31. The number of alkyl carbamates (subject to hydrolysis) is 1. The average Bonchev–Trinajstić information content (AvgIpc) is 2.67. The predicted octanol–water partition coefficient (Wildman–Crippen LogP) is 3.28. The number of aldehydes is 1. The highest BCUT2D eigenvalue weighted by atomic mass is 35.5. The summed E-state index contributed by atoms with van der Waals surface area (Å²) >= 11 is 6.14. The Morgan fingerprint density at radius 2 is 2.15 bits per heavy atom. The monoisotopic (exact) mass is 295 g/mol. The number of fused-ring (bicyclic) bond motifs is 1. The molecule has 2 atom stereocenters. The third-order valence-corrected chi connectivity index (χ3v) is 3.56. The molecule has 1 aliphatic rings. The SMILES string of the molecule is CC(C)(C)OC(=O)NC1c2cccc(Cl)c2C[C@H]1C=O. The molecule has 0 saturated heterocycles. The fourth-order valence-corrected chi connectivity index (χ4v) is 2.67. The Morgan fingerprint density at radius 3 is 2.75 bits per heavy atom. The largest absolute Gasteiger partial charge is 0.444 e. The Hall–Kier alpha value is -1.55. The summed E-state index contributed by atoms with van der Waals surface area (Å²) in [5.74, 6) is -0.308. The molecule has 0 saturated carbocycles. The highest BCUT2D eigenvalue weighted by Gasteiger charge is 2.35. The molecule has 0 aliphatic heterocycles. The van der Waals surface area contributed by atoms with Gasteiger partial charge in [0.1, 0.15) is 11.9 Å². The van der Waals surface area contributed by atoms with Crippen molar-refractivity contribution in [1.29, 1.82) is 0 Å². The van der Waals surface area contributed by atoms with Crippen molar-refractivity contribution in [3.05, 3.63) is 34.3 Å². The number of carbonyl (C=O) groups excluding carboxylic acids is 2. The smallest absolute Gasteiger partial charge is 0.408 e. The molecular weight excluding hydrogens is 278 g/mol. The number of ether oxygens (including phenoxy) is 1. The van der Waals surface area contributed by atoms with Gasteiger partial charge in [-0.25, -0.2) is 4.79 Å². The zero-order chi connectivity index (χ0) is 14.9. The number of amides is 1. The maximum atomic E-state index is 11.9.